The molecule has 1 aromatic carbocycles. The van der Waals surface area contributed by atoms with Crippen LogP contribution in [0.5, 0.6) is 0 Å². The van der Waals surface area contributed by atoms with Crippen molar-refractivity contribution in [3.8, 4) is 11.3 Å². The van der Waals surface area contributed by atoms with E-state index < -0.39 is 17.8 Å². The molecule has 8 heteroatoms. The number of methoxy groups -OCH3 is 2. The summed E-state index contributed by atoms with van der Waals surface area (Å²) in [6, 6.07) is 7.13. The first-order chi connectivity index (χ1) is 11.0. The largest absolute Gasteiger partial charge is 0.465 e. The molecule has 8 nitrogen and oxygen atoms in total. The van der Waals surface area contributed by atoms with Crippen LogP contribution in [0.15, 0.2) is 34.7 Å². The molecule has 0 unspecified atom stereocenters. The van der Waals surface area contributed by atoms with E-state index in [2.05, 4.69) is 4.74 Å². The number of benzene rings is 1. The second-order valence-electron chi connectivity index (χ2n) is 4.38. The number of nitrogens with one attached hydrogen (secondary N) is 1. The van der Waals surface area contributed by atoms with E-state index in [9.17, 15) is 14.4 Å². The topological polar surface area (TPSA) is 121 Å². The lowest BCUT2D eigenvalue weighted by molar-refractivity contribution is 0.0587. The van der Waals surface area contributed by atoms with Gasteiger partial charge in [0.25, 0.3) is 0 Å². The fourth-order valence-electron chi connectivity index (χ4n) is 1.96. The van der Waals surface area contributed by atoms with Gasteiger partial charge in [-0.1, -0.05) is 0 Å². The number of ether oxygens (including phenoxy) is 2. The van der Waals surface area contributed by atoms with E-state index in [4.69, 9.17) is 15.0 Å². The first-order valence-electron chi connectivity index (χ1n) is 6.43. The van der Waals surface area contributed by atoms with Gasteiger partial charge in [-0.2, -0.15) is 0 Å². The third-order valence-corrected chi connectivity index (χ3v) is 3.07. The van der Waals surface area contributed by atoms with Crippen LogP contribution in [-0.2, 0) is 9.47 Å². The van der Waals surface area contributed by atoms with E-state index in [0.29, 0.717) is 0 Å². The highest BCUT2D eigenvalue weighted by Crippen LogP contribution is 2.28. The van der Waals surface area contributed by atoms with Crippen LogP contribution in [0.1, 0.15) is 31.3 Å². The average molecular weight is 318 g/mol. The maximum Gasteiger partial charge on any atom is 0.338 e. The summed E-state index contributed by atoms with van der Waals surface area (Å²) in [4.78, 5) is 35.0. The highest BCUT2D eigenvalue weighted by Gasteiger charge is 2.20. The van der Waals surface area contributed by atoms with Gasteiger partial charge in [-0.25, -0.2) is 15.4 Å². The Labute approximate surface area is 131 Å². The van der Waals surface area contributed by atoms with Crippen molar-refractivity contribution in [2.45, 2.75) is 0 Å². The van der Waals surface area contributed by atoms with Crippen LogP contribution in [0, 0.1) is 0 Å². The smallest absolute Gasteiger partial charge is 0.338 e. The lowest BCUT2D eigenvalue weighted by atomic mass is 10.0. The fourth-order valence-corrected chi connectivity index (χ4v) is 1.96. The minimum Gasteiger partial charge on any atom is -0.465 e. The zero-order valence-electron chi connectivity index (χ0n) is 12.4. The van der Waals surface area contributed by atoms with Gasteiger partial charge >= 0.3 is 17.8 Å². The van der Waals surface area contributed by atoms with Crippen molar-refractivity contribution in [3.63, 3.8) is 0 Å². The van der Waals surface area contributed by atoms with Crippen molar-refractivity contribution in [3.05, 3.63) is 47.2 Å². The van der Waals surface area contributed by atoms with Crippen molar-refractivity contribution >= 4 is 17.8 Å². The Balaban J connectivity index is 2.56. The Hall–Kier alpha value is -3.13. The molecule has 0 saturated heterocycles. The normalized spacial score (nSPS) is 10.0. The van der Waals surface area contributed by atoms with Gasteiger partial charge in [0.1, 0.15) is 5.76 Å². The van der Waals surface area contributed by atoms with Crippen LogP contribution in [0.3, 0.4) is 0 Å². The van der Waals surface area contributed by atoms with Gasteiger partial charge in [-0.15, -0.1) is 0 Å². The average Bonchev–Trinajstić information content (AvgIpc) is 3.09. The monoisotopic (exact) mass is 318 g/mol. The molecule has 0 spiro atoms. The van der Waals surface area contributed by atoms with E-state index in [1.54, 1.807) is 0 Å². The predicted molar refractivity (Wildman–Crippen MR) is 78.5 cm³/mol. The summed E-state index contributed by atoms with van der Waals surface area (Å²) in [7, 11) is 2.47. The molecular weight excluding hydrogens is 304 g/mol. The molecule has 0 aliphatic heterocycles. The second kappa shape index (κ2) is 6.75. The molecule has 1 heterocycles. The maximum atomic E-state index is 11.9. The molecule has 1 amide bonds. The Kier molecular flexibility index (Phi) is 4.77. The molecule has 1 aromatic heterocycles. The van der Waals surface area contributed by atoms with Crippen LogP contribution in [0.2, 0.25) is 0 Å². The minimum absolute atomic E-state index is 0.0400. The summed E-state index contributed by atoms with van der Waals surface area (Å²) in [6.07, 6.45) is 0. The maximum absolute atomic E-state index is 11.9. The molecule has 0 aliphatic rings. The zero-order chi connectivity index (χ0) is 17.0. The van der Waals surface area contributed by atoms with E-state index in [-0.39, 0.29) is 28.2 Å². The lowest BCUT2D eigenvalue weighted by Crippen LogP contribution is -2.29. The van der Waals surface area contributed by atoms with Crippen molar-refractivity contribution in [2.75, 3.05) is 14.2 Å². The van der Waals surface area contributed by atoms with Gasteiger partial charge in [-0.3, -0.25) is 10.2 Å². The van der Waals surface area contributed by atoms with Gasteiger partial charge < -0.3 is 13.9 Å². The Bertz CT molecular complexity index is 765. The Morgan fingerprint density at radius 2 is 1.74 bits per heavy atom. The number of hydrogen-bond donors (Lipinski definition) is 2. The predicted octanol–water partition coefficient (Wildman–Crippen LogP) is 1.12. The fraction of sp³-hybridized carbons (Fsp3) is 0.133. The van der Waals surface area contributed by atoms with Gasteiger partial charge in [0.15, 0.2) is 5.76 Å². The number of hydrazine groups is 1. The number of hydrogen-bond acceptors (Lipinski definition) is 7. The molecule has 0 saturated carbocycles. The number of amides is 1. The Morgan fingerprint density at radius 1 is 1.04 bits per heavy atom. The summed E-state index contributed by atoms with van der Waals surface area (Å²) >= 11 is 0. The molecule has 2 rings (SSSR count). The molecule has 120 valence electrons. The number of rotatable bonds is 4. The molecule has 0 bridgehead atoms. The summed E-state index contributed by atoms with van der Waals surface area (Å²) in [5, 5.41) is 0. The Morgan fingerprint density at radius 3 is 2.35 bits per heavy atom. The minimum atomic E-state index is -0.625. The number of nitrogen functional groups attached to an aromatic ring is 1. The summed E-state index contributed by atoms with van der Waals surface area (Å²) in [5.74, 6) is 3.39. The number of carbonyl (C=O) groups is 3. The molecule has 0 radical (unpaired) electrons. The lowest BCUT2D eigenvalue weighted by Gasteiger charge is -2.08. The molecule has 3 N–H and O–H groups in total. The van der Waals surface area contributed by atoms with Crippen molar-refractivity contribution in [2.24, 2.45) is 5.84 Å². The van der Waals surface area contributed by atoms with Crippen molar-refractivity contribution in [1.82, 2.24) is 5.43 Å². The van der Waals surface area contributed by atoms with Crippen LogP contribution in [0.25, 0.3) is 11.3 Å². The quantitative estimate of drug-likeness (QED) is 0.375. The standard InChI is InChI=1S/C15H14N2O6/c1-21-14(19)8-3-4-9(15(20)22-2)10(7-8)11-5-6-12(23-11)13(18)17-16/h3-7H,16H2,1-2H3,(H,17,18). The first-order valence-corrected chi connectivity index (χ1v) is 6.43. The molecule has 23 heavy (non-hydrogen) atoms. The van der Waals surface area contributed by atoms with E-state index >= 15 is 0 Å². The van der Waals surface area contributed by atoms with Gasteiger partial charge in [0.2, 0.25) is 0 Å². The van der Waals surface area contributed by atoms with E-state index in [1.165, 1.54) is 44.6 Å². The van der Waals surface area contributed by atoms with Gasteiger partial charge in [0, 0.05) is 5.56 Å². The van der Waals surface area contributed by atoms with Crippen LogP contribution >= 0.6 is 0 Å². The zero-order valence-corrected chi connectivity index (χ0v) is 12.4. The van der Waals surface area contributed by atoms with Crippen molar-refractivity contribution < 1.29 is 28.3 Å². The van der Waals surface area contributed by atoms with Crippen LogP contribution < -0.4 is 11.3 Å². The highest BCUT2D eigenvalue weighted by atomic mass is 16.5. The molecule has 2 aromatic rings. The van der Waals surface area contributed by atoms with Crippen LogP contribution in [0.4, 0.5) is 0 Å². The summed E-state index contributed by atoms with van der Waals surface area (Å²) in [5.41, 5.74) is 2.62. The van der Waals surface area contributed by atoms with E-state index in [1.807, 2.05) is 5.43 Å². The molecular formula is C15H14N2O6. The summed E-state index contributed by atoms with van der Waals surface area (Å²) in [6.45, 7) is 0. The third-order valence-electron chi connectivity index (χ3n) is 3.07. The number of carbonyl (C=O) groups excluding carboxylic acids is 3. The third kappa shape index (κ3) is 3.22. The van der Waals surface area contributed by atoms with Crippen LogP contribution in [-0.4, -0.2) is 32.1 Å². The molecule has 0 atom stereocenters. The van der Waals surface area contributed by atoms with Crippen molar-refractivity contribution in [1.29, 1.82) is 0 Å². The number of furan rings is 1. The van der Waals surface area contributed by atoms with Gasteiger partial charge in [-0.05, 0) is 30.3 Å². The summed E-state index contributed by atoms with van der Waals surface area (Å²) < 4.78 is 14.7. The molecule has 0 aliphatic carbocycles. The number of esters is 2. The second-order valence-corrected chi connectivity index (χ2v) is 4.38. The van der Waals surface area contributed by atoms with E-state index in [0.717, 1.165) is 0 Å². The number of nitrogens with two attached hydrogens (primary N) is 1. The highest BCUT2D eigenvalue weighted by molar-refractivity contribution is 6.00. The first kappa shape index (κ1) is 16.2. The van der Waals surface area contributed by atoms with Gasteiger partial charge in [0.05, 0.1) is 25.3 Å². The SMILES string of the molecule is COC(=O)c1ccc(C(=O)OC)c(-c2ccc(C(=O)NN)o2)c1. The molecule has 0 fully saturated rings.